The smallest absolute Gasteiger partial charge is 0.312 e. The van der Waals surface area contributed by atoms with E-state index in [0.717, 1.165) is 12.8 Å². The van der Waals surface area contributed by atoms with E-state index in [1.54, 1.807) is 0 Å². The molecule has 0 aliphatic heterocycles. The van der Waals surface area contributed by atoms with E-state index < -0.39 is 6.03 Å². The zero-order valence-corrected chi connectivity index (χ0v) is 14.6. The van der Waals surface area contributed by atoms with E-state index >= 15 is 0 Å². The number of carbonyl (C=O) groups is 1. The van der Waals surface area contributed by atoms with E-state index in [1.807, 2.05) is 0 Å². The Kier molecular flexibility index (Phi) is 6.90. The average molecular weight is 317 g/mol. The number of primary amides is 1. The van der Waals surface area contributed by atoms with E-state index in [-0.39, 0.29) is 0 Å². The molecule has 0 spiro atoms. The highest BCUT2D eigenvalue weighted by Gasteiger charge is 2.24. The van der Waals surface area contributed by atoms with Crippen molar-refractivity contribution in [3.8, 4) is 0 Å². The van der Waals surface area contributed by atoms with Crippen LogP contribution in [0.15, 0.2) is 18.2 Å². The topological polar surface area (TPSA) is 58.4 Å². The molecule has 3 N–H and O–H groups in total. The fourth-order valence-electron chi connectivity index (χ4n) is 3.76. The number of nitrogens with zero attached hydrogens (tertiary/aromatic N) is 1. The highest BCUT2D eigenvalue weighted by molar-refractivity contribution is 5.71. The Morgan fingerprint density at radius 1 is 1.30 bits per heavy atom. The van der Waals surface area contributed by atoms with Crippen LogP contribution >= 0.6 is 0 Å². The second-order valence-electron chi connectivity index (χ2n) is 6.53. The van der Waals surface area contributed by atoms with Gasteiger partial charge in [0, 0.05) is 12.6 Å². The quantitative estimate of drug-likeness (QED) is 0.774. The Morgan fingerprint density at radius 3 is 2.70 bits per heavy atom. The monoisotopic (exact) mass is 317 g/mol. The van der Waals surface area contributed by atoms with Crippen LogP contribution in [-0.4, -0.2) is 36.6 Å². The summed E-state index contributed by atoms with van der Waals surface area (Å²) in [7, 11) is 0. The summed E-state index contributed by atoms with van der Waals surface area (Å²) in [6, 6.07) is 6.83. The molecule has 4 heteroatoms. The van der Waals surface area contributed by atoms with Crippen molar-refractivity contribution in [2.75, 3.05) is 19.6 Å². The summed E-state index contributed by atoms with van der Waals surface area (Å²) in [6.07, 6.45) is 6.86. The zero-order valence-electron chi connectivity index (χ0n) is 14.6. The van der Waals surface area contributed by atoms with Gasteiger partial charge in [-0.05, 0) is 68.3 Å². The second-order valence-corrected chi connectivity index (χ2v) is 6.53. The first kappa shape index (κ1) is 17.8. The Bertz CT molecular complexity index is 509. The lowest BCUT2D eigenvalue weighted by molar-refractivity contribution is 0.179. The SMILES string of the molecule is CCCN(CCC)C1CCc2cccc(CCNC(N)=O)c2C1. The number of nitrogens with two attached hydrogens (primary N) is 1. The molecule has 0 bridgehead atoms. The minimum Gasteiger partial charge on any atom is -0.352 e. The third-order valence-corrected chi connectivity index (χ3v) is 4.79. The molecule has 23 heavy (non-hydrogen) atoms. The molecule has 0 fully saturated rings. The normalized spacial score (nSPS) is 17.1. The summed E-state index contributed by atoms with van der Waals surface area (Å²) >= 11 is 0. The van der Waals surface area contributed by atoms with Crippen LogP contribution in [0.1, 0.15) is 49.8 Å². The van der Waals surface area contributed by atoms with Crippen LogP contribution in [0, 0.1) is 0 Å². The van der Waals surface area contributed by atoms with E-state index in [9.17, 15) is 4.79 Å². The van der Waals surface area contributed by atoms with Crippen LogP contribution in [0.25, 0.3) is 0 Å². The number of nitrogens with one attached hydrogen (secondary N) is 1. The number of fused-ring (bicyclic) bond motifs is 1. The van der Waals surface area contributed by atoms with Crippen molar-refractivity contribution < 1.29 is 4.79 Å². The van der Waals surface area contributed by atoms with Crippen molar-refractivity contribution in [2.45, 2.75) is 58.4 Å². The first-order chi connectivity index (χ1) is 11.2. The van der Waals surface area contributed by atoms with Crippen LogP contribution in [-0.2, 0) is 19.3 Å². The molecule has 1 unspecified atom stereocenters. The molecule has 4 nitrogen and oxygen atoms in total. The molecule has 1 atom stereocenters. The van der Waals surface area contributed by atoms with Gasteiger partial charge in [-0.2, -0.15) is 0 Å². The van der Waals surface area contributed by atoms with Gasteiger partial charge in [-0.1, -0.05) is 32.0 Å². The number of hydrogen-bond donors (Lipinski definition) is 2. The summed E-state index contributed by atoms with van der Waals surface area (Å²) in [4.78, 5) is 13.5. The number of aryl methyl sites for hydroxylation is 1. The van der Waals surface area contributed by atoms with Crippen molar-refractivity contribution in [3.05, 3.63) is 34.9 Å². The fraction of sp³-hybridized carbons (Fsp3) is 0.632. The lowest BCUT2D eigenvalue weighted by atomic mass is 9.83. The molecule has 2 amide bonds. The largest absolute Gasteiger partial charge is 0.352 e. The Balaban J connectivity index is 2.09. The van der Waals surface area contributed by atoms with Crippen LogP contribution in [0.4, 0.5) is 4.79 Å². The van der Waals surface area contributed by atoms with Gasteiger partial charge in [-0.15, -0.1) is 0 Å². The third kappa shape index (κ3) is 4.96. The number of rotatable bonds is 8. The maximum Gasteiger partial charge on any atom is 0.312 e. The molecular formula is C19H31N3O. The van der Waals surface area contributed by atoms with Crippen molar-refractivity contribution >= 4 is 6.03 Å². The molecule has 0 radical (unpaired) electrons. The highest BCUT2D eigenvalue weighted by atomic mass is 16.2. The predicted molar refractivity (Wildman–Crippen MR) is 95.7 cm³/mol. The molecule has 0 heterocycles. The molecule has 1 aliphatic rings. The van der Waals surface area contributed by atoms with Crippen molar-refractivity contribution in [1.82, 2.24) is 10.2 Å². The van der Waals surface area contributed by atoms with Gasteiger partial charge in [0.05, 0.1) is 0 Å². The lowest BCUT2D eigenvalue weighted by Gasteiger charge is -2.36. The van der Waals surface area contributed by atoms with Crippen LogP contribution in [0.2, 0.25) is 0 Å². The van der Waals surface area contributed by atoms with Gasteiger partial charge >= 0.3 is 6.03 Å². The van der Waals surface area contributed by atoms with E-state index in [1.165, 1.54) is 55.5 Å². The van der Waals surface area contributed by atoms with Gasteiger partial charge in [0.2, 0.25) is 0 Å². The summed E-state index contributed by atoms with van der Waals surface area (Å²) in [5.74, 6) is 0. The average Bonchev–Trinajstić information content (AvgIpc) is 2.54. The maximum atomic E-state index is 10.9. The second kappa shape index (κ2) is 8.92. The molecule has 128 valence electrons. The summed E-state index contributed by atoms with van der Waals surface area (Å²) in [5.41, 5.74) is 9.53. The molecule has 0 saturated carbocycles. The van der Waals surface area contributed by atoms with Crippen LogP contribution in [0.5, 0.6) is 0 Å². The highest BCUT2D eigenvalue weighted by Crippen LogP contribution is 2.28. The number of carbonyl (C=O) groups excluding carboxylic acids is 1. The van der Waals surface area contributed by atoms with Crippen LogP contribution in [0.3, 0.4) is 0 Å². The first-order valence-electron chi connectivity index (χ1n) is 9.02. The van der Waals surface area contributed by atoms with Gasteiger partial charge in [-0.3, -0.25) is 0 Å². The molecule has 2 rings (SSSR count). The number of amides is 2. The van der Waals surface area contributed by atoms with Crippen molar-refractivity contribution in [3.63, 3.8) is 0 Å². The zero-order chi connectivity index (χ0) is 16.7. The van der Waals surface area contributed by atoms with E-state index in [4.69, 9.17) is 5.73 Å². The fourth-order valence-corrected chi connectivity index (χ4v) is 3.76. The van der Waals surface area contributed by atoms with Gasteiger partial charge in [0.15, 0.2) is 0 Å². The minimum absolute atomic E-state index is 0.440. The molecule has 0 saturated heterocycles. The Hall–Kier alpha value is -1.55. The first-order valence-corrected chi connectivity index (χ1v) is 9.02. The predicted octanol–water partition coefficient (Wildman–Crippen LogP) is 2.88. The number of hydrogen-bond acceptors (Lipinski definition) is 2. The lowest BCUT2D eigenvalue weighted by Crippen LogP contribution is -2.40. The van der Waals surface area contributed by atoms with Gasteiger partial charge in [-0.25, -0.2) is 4.79 Å². The molecule has 1 aromatic rings. The van der Waals surface area contributed by atoms with E-state index in [2.05, 4.69) is 42.3 Å². The van der Waals surface area contributed by atoms with Gasteiger partial charge < -0.3 is 16.0 Å². The number of benzene rings is 1. The van der Waals surface area contributed by atoms with Gasteiger partial charge in [0.1, 0.15) is 0 Å². The number of urea groups is 1. The summed E-state index contributed by atoms with van der Waals surface area (Å²) in [6.45, 7) is 7.53. The van der Waals surface area contributed by atoms with Crippen LogP contribution < -0.4 is 11.1 Å². The standard InChI is InChI=1S/C19H31N3O/c1-3-12-22(13-4-2)17-9-8-15-6-5-7-16(18(15)14-17)10-11-21-19(20)23/h5-7,17H,3-4,8-14H2,1-2H3,(H3,20,21,23). The van der Waals surface area contributed by atoms with Crippen molar-refractivity contribution in [1.29, 1.82) is 0 Å². The summed E-state index contributed by atoms with van der Waals surface area (Å²) in [5, 5.41) is 2.70. The molecule has 0 aromatic heterocycles. The maximum absolute atomic E-state index is 10.9. The Morgan fingerprint density at radius 2 is 2.04 bits per heavy atom. The van der Waals surface area contributed by atoms with Gasteiger partial charge in [0.25, 0.3) is 0 Å². The Labute approximate surface area is 140 Å². The molecular weight excluding hydrogens is 286 g/mol. The van der Waals surface area contributed by atoms with Crippen molar-refractivity contribution in [2.24, 2.45) is 5.73 Å². The van der Waals surface area contributed by atoms with E-state index in [0.29, 0.717) is 12.6 Å². The summed E-state index contributed by atoms with van der Waals surface area (Å²) < 4.78 is 0. The third-order valence-electron chi connectivity index (χ3n) is 4.79. The minimum atomic E-state index is -0.440. The molecule has 1 aromatic carbocycles. The molecule has 1 aliphatic carbocycles.